The van der Waals surface area contributed by atoms with Gasteiger partial charge in [0.05, 0.1) is 0 Å². The van der Waals surface area contributed by atoms with Crippen LogP contribution in [0.2, 0.25) is 0 Å². The Morgan fingerprint density at radius 2 is 1.95 bits per heavy atom. The van der Waals surface area contributed by atoms with Gasteiger partial charge in [-0.15, -0.1) is 11.8 Å². The number of thioether (sulfide) groups is 1. The van der Waals surface area contributed by atoms with Gasteiger partial charge in [-0.05, 0) is 42.7 Å². The molecule has 0 amide bonds. The summed E-state index contributed by atoms with van der Waals surface area (Å²) in [7, 11) is 0. The minimum atomic E-state index is 0.651. The van der Waals surface area contributed by atoms with Gasteiger partial charge in [0.1, 0.15) is 13.2 Å². The summed E-state index contributed by atoms with van der Waals surface area (Å²) < 4.78 is 11.4. The Morgan fingerprint density at radius 1 is 1.19 bits per heavy atom. The zero-order valence-electron chi connectivity index (χ0n) is 13.0. The van der Waals surface area contributed by atoms with Crippen LogP contribution in [-0.4, -0.2) is 25.5 Å². The number of hydrogen-bond donors (Lipinski definition) is 1. The lowest BCUT2D eigenvalue weighted by atomic mass is 9.87. The van der Waals surface area contributed by atoms with Crippen molar-refractivity contribution < 1.29 is 9.47 Å². The van der Waals surface area contributed by atoms with E-state index in [0.29, 0.717) is 19.3 Å². The van der Waals surface area contributed by atoms with Gasteiger partial charge in [0.2, 0.25) is 0 Å². The first-order chi connectivity index (χ1) is 10.3. The van der Waals surface area contributed by atoms with Gasteiger partial charge in [-0.1, -0.05) is 19.8 Å². The molecule has 0 bridgehead atoms. The van der Waals surface area contributed by atoms with Crippen molar-refractivity contribution in [3.05, 3.63) is 17.7 Å². The number of hydrogen-bond acceptors (Lipinski definition) is 4. The van der Waals surface area contributed by atoms with Gasteiger partial charge in [-0.25, -0.2) is 0 Å². The smallest absolute Gasteiger partial charge is 0.162 e. The van der Waals surface area contributed by atoms with E-state index >= 15 is 0 Å². The lowest BCUT2D eigenvalue weighted by Crippen LogP contribution is -2.33. The third kappa shape index (κ3) is 3.67. The van der Waals surface area contributed by atoms with Crippen molar-refractivity contribution in [2.24, 2.45) is 5.92 Å². The highest BCUT2D eigenvalue weighted by atomic mass is 32.2. The third-order valence-corrected chi connectivity index (χ3v) is 5.28. The summed E-state index contributed by atoms with van der Waals surface area (Å²) >= 11 is 1.78. The first kappa shape index (κ1) is 15.0. The molecule has 0 spiro atoms. The standard InChI is InChI=1S/C17H25NO2S/c1-12-4-3-5-14(8-12)18-11-13-9-15-16(10-17(13)21-2)20-7-6-19-15/h9-10,12,14,18H,3-8,11H2,1-2H3. The van der Waals surface area contributed by atoms with Gasteiger partial charge >= 0.3 is 0 Å². The molecule has 1 N–H and O–H groups in total. The van der Waals surface area contributed by atoms with Crippen LogP contribution in [0.25, 0.3) is 0 Å². The first-order valence-electron chi connectivity index (χ1n) is 7.96. The number of ether oxygens (including phenoxy) is 2. The molecule has 1 fully saturated rings. The minimum Gasteiger partial charge on any atom is -0.486 e. The fourth-order valence-corrected chi connectivity index (χ4v) is 3.93. The molecule has 0 saturated heterocycles. The summed E-state index contributed by atoms with van der Waals surface area (Å²) in [5, 5.41) is 3.74. The van der Waals surface area contributed by atoms with Crippen LogP contribution in [0.5, 0.6) is 11.5 Å². The molecule has 4 heteroatoms. The molecule has 2 aliphatic rings. The maximum Gasteiger partial charge on any atom is 0.162 e. The zero-order chi connectivity index (χ0) is 14.7. The molecule has 1 aliphatic carbocycles. The van der Waals surface area contributed by atoms with Crippen LogP contribution in [0.4, 0.5) is 0 Å². The van der Waals surface area contributed by atoms with Crippen LogP contribution in [0.1, 0.15) is 38.2 Å². The molecule has 1 heterocycles. The second-order valence-electron chi connectivity index (χ2n) is 6.16. The average Bonchev–Trinajstić information content (AvgIpc) is 2.52. The van der Waals surface area contributed by atoms with Crippen LogP contribution in [-0.2, 0) is 6.54 Å². The van der Waals surface area contributed by atoms with Crippen molar-refractivity contribution in [1.29, 1.82) is 0 Å². The van der Waals surface area contributed by atoms with E-state index in [-0.39, 0.29) is 0 Å². The average molecular weight is 307 g/mol. The quantitative estimate of drug-likeness (QED) is 0.856. The molecule has 116 valence electrons. The van der Waals surface area contributed by atoms with Gasteiger partial charge in [0.15, 0.2) is 11.5 Å². The summed E-state index contributed by atoms with van der Waals surface area (Å²) in [6.07, 6.45) is 7.48. The number of benzene rings is 1. The topological polar surface area (TPSA) is 30.5 Å². The number of fused-ring (bicyclic) bond motifs is 1. The Balaban J connectivity index is 1.69. The molecule has 2 atom stereocenters. The Morgan fingerprint density at radius 3 is 2.67 bits per heavy atom. The van der Waals surface area contributed by atoms with E-state index in [4.69, 9.17) is 9.47 Å². The van der Waals surface area contributed by atoms with E-state index in [0.717, 1.165) is 24.0 Å². The SMILES string of the molecule is CSc1cc2c(cc1CNC1CCCC(C)C1)OCCO2. The minimum absolute atomic E-state index is 0.651. The highest BCUT2D eigenvalue weighted by Gasteiger charge is 2.20. The van der Waals surface area contributed by atoms with Gasteiger partial charge in [-0.3, -0.25) is 0 Å². The molecule has 1 saturated carbocycles. The van der Waals surface area contributed by atoms with Gasteiger partial charge in [0, 0.05) is 17.5 Å². The van der Waals surface area contributed by atoms with Crippen molar-refractivity contribution in [3.8, 4) is 11.5 Å². The Hall–Kier alpha value is -0.870. The molecular formula is C17H25NO2S. The summed E-state index contributed by atoms with van der Waals surface area (Å²) in [6.45, 7) is 4.59. The van der Waals surface area contributed by atoms with E-state index < -0.39 is 0 Å². The maximum absolute atomic E-state index is 5.71. The van der Waals surface area contributed by atoms with Crippen LogP contribution >= 0.6 is 11.8 Å². The summed E-state index contributed by atoms with van der Waals surface area (Å²) in [5.74, 6) is 2.64. The summed E-state index contributed by atoms with van der Waals surface area (Å²) in [5.41, 5.74) is 1.32. The van der Waals surface area contributed by atoms with E-state index in [9.17, 15) is 0 Å². The molecule has 1 aromatic rings. The lowest BCUT2D eigenvalue weighted by molar-refractivity contribution is 0.170. The highest BCUT2D eigenvalue weighted by molar-refractivity contribution is 7.98. The summed E-state index contributed by atoms with van der Waals surface area (Å²) in [6, 6.07) is 4.94. The molecule has 1 aromatic carbocycles. The van der Waals surface area contributed by atoms with E-state index in [1.165, 1.54) is 36.1 Å². The predicted molar refractivity (Wildman–Crippen MR) is 87.5 cm³/mol. The fourth-order valence-electron chi connectivity index (χ4n) is 3.31. The van der Waals surface area contributed by atoms with Crippen molar-refractivity contribution in [2.45, 2.75) is 50.1 Å². The first-order valence-corrected chi connectivity index (χ1v) is 9.18. The molecule has 0 aromatic heterocycles. The normalized spacial score (nSPS) is 24.9. The highest BCUT2D eigenvalue weighted by Crippen LogP contribution is 2.36. The lowest BCUT2D eigenvalue weighted by Gasteiger charge is -2.28. The predicted octanol–water partition coefficient (Wildman–Crippen LogP) is 3.85. The van der Waals surface area contributed by atoms with E-state index in [2.05, 4.69) is 30.6 Å². The number of rotatable bonds is 4. The fraction of sp³-hybridized carbons (Fsp3) is 0.647. The zero-order valence-corrected chi connectivity index (χ0v) is 13.8. The third-order valence-electron chi connectivity index (χ3n) is 4.46. The van der Waals surface area contributed by atoms with Gasteiger partial charge in [-0.2, -0.15) is 0 Å². The van der Waals surface area contributed by atoms with Crippen molar-refractivity contribution >= 4 is 11.8 Å². The van der Waals surface area contributed by atoms with Crippen LogP contribution in [0, 0.1) is 5.92 Å². The van der Waals surface area contributed by atoms with Crippen molar-refractivity contribution in [3.63, 3.8) is 0 Å². The molecule has 3 nitrogen and oxygen atoms in total. The largest absolute Gasteiger partial charge is 0.486 e. The molecule has 3 rings (SSSR count). The molecular weight excluding hydrogens is 282 g/mol. The van der Waals surface area contributed by atoms with E-state index in [1.807, 2.05) is 0 Å². The molecule has 1 aliphatic heterocycles. The summed E-state index contributed by atoms with van der Waals surface area (Å²) in [4.78, 5) is 1.29. The van der Waals surface area contributed by atoms with Crippen molar-refractivity contribution in [1.82, 2.24) is 5.32 Å². The second kappa shape index (κ2) is 6.93. The van der Waals surface area contributed by atoms with Crippen LogP contribution in [0.3, 0.4) is 0 Å². The Bertz CT molecular complexity index is 492. The molecule has 21 heavy (non-hydrogen) atoms. The maximum atomic E-state index is 5.71. The Labute approximate surface area is 131 Å². The van der Waals surface area contributed by atoms with Gasteiger partial charge < -0.3 is 14.8 Å². The molecule has 0 radical (unpaired) electrons. The van der Waals surface area contributed by atoms with E-state index in [1.54, 1.807) is 11.8 Å². The monoisotopic (exact) mass is 307 g/mol. The van der Waals surface area contributed by atoms with Gasteiger partial charge in [0.25, 0.3) is 0 Å². The van der Waals surface area contributed by atoms with Crippen molar-refractivity contribution in [2.75, 3.05) is 19.5 Å². The number of nitrogens with one attached hydrogen (secondary N) is 1. The van der Waals surface area contributed by atoms with Crippen LogP contribution < -0.4 is 14.8 Å². The Kier molecular flexibility index (Phi) is 4.96. The second-order valence-corrected chi connectivity index (χ2v) is 7.01. The molecule has 2 unspecified atom stereocenters. The van der Waals surface area contributed by atoms with Crippen LogP contribution in [0.15, 0.2) is 17.0 Å².